The summed E-state index contributed by atoms with van der Waals surface area (Å²) in [7, 11) is -0.730. The Morgan fingerprint density at radius 3 is 2.52 bits per heavy atom. The average Bonchev–Trinajstić information content (AvgIpc) is 2.98. The zero-order valence-corrected chi connectivity index (χ0v) is 16.7. The maximum atomic E-state index is 12.7. The molecule has 0 fully saturated rings. The number of hydrogen-bond acceptors (Lipinski definition) is 4. The molecule has 0 aliphatic heterocycles. The molecule has 144 valence electrons. The highest BCUT2D eigenvalue weighted by molar-refractivity contribution is 6.55. The predicted molar refractivity (Wildman–Crippen MR) is 100 cm³/mol. The topological polar surface area (TPSA) is 52.8 Å². The summed E-state index contributed by atoms with van der Waals surface area (Å²) in [4.78, 5) is 11.2. The standard InChI is InChI=1S/C17H18ClF3N4OSi/c1-27(2)6-5-26-10-25-14(7-12-13(18)3-4-22-15(12)25)11-8-23-16(24-9-11)17(19,20)21/h3-4,7-9,27H,5-6,10H2,1-2H3. The van der Waals surface area contributed by atoms with Gasteiger partial charge in [0, 0.05) is 44.9 Å². The second kappa shape index (κ2) is 7.95. The lowest BCUT2D eigenvalue weighted by Crippen LogP contribution is -2.11. The number of fused-ring (bicyclic) bond motifs is 1. The quantitative estimate of drug-likeness (QED) is 0.436. The summed E-state index contributed by atoms with van der Waals surface area (Å²) in [5, 5.41) is 1.19. The van der Waals surface area contributed by atoms with E-state index in [0.717, 1.165) is 18.4 Å². The Bertz CT molecular complexity index is 928. The Kier molecular flexibility index (Phi) is 5.83. The number of hydrogen-bond donors (Lipinski definition) is 0. The Morgan fingerprint density at radius 1 is 1.19 bits per heavy atom. The first kappa shape index (κ1) is 19.8. The third kappa shape index (κ3) is 4.48. The number of ether oxygens (including phenoxy) is 1. The van der Waals surface area contributed by atoms with E-state index >= 15 is 0 Å². The number of alkyl halides is 3. The molecule has 3 rings (SSSR count). The minimum Gasteiger partial charge on any atom is -0.361 e. The van der Waals surface area contributed by atoms with Crippen LogP contribution in [-0.2, 0) is 17.6 Å². The normalized spacial score (nSPS) is 12.3. The van der Waals surface area contributed by atoms with Gasteiger partial charge in [-0.15, -0.1) is 0 Å². The highest BCUT2D eigenvalue weighted by Crippen LogP contribution is 2.32. The summed E-state index contributed by atoms with van der Waals surface area (Å²) in [5.74, 6) is -1.18. The van der Waals surface area contributed by atoms with Crippen molar-refractivity contribution in [3.05, 3.63) is 41.6 Å². The van der Waals surface area contributed by atoms with Crippen molar-refractivity contribution < 1.29 is 17.9 Å². The summed E-state index contributed by atoms with van der Waals surface area (Å²) in [6.07, 6.45) is -0.708. The summed E-state index contributed by atoms with van der Waals surface area (Å²) < 4.78 is 45.7. The number of halogens is 4. The van der Waals surface area contributed by atoms with E-state index in [9.17, 15) is 13.2 Å². The molecule has 3 aromatic heterocycles. The molecule has 0 amide bonds. The van der Waals surface area contributed by atoms with E-state index in [0.29, 0.717) is 33.9 Å². The van der Waals surface area contributed by atoms with Crippen molar-refractivity contribution in [2.24, 2.45) is 0 Å². The van der Waals surface area contributed by atoms with Gasteiger partial charge < -0.3 is 9.30 Å². The fourth-order valence-electron chi connectivity index (χ4n) is 2.57. The highest BCUT2D eigenvalue weighted by atomic mass is 35.5. The van der Waals surface area contributed by atoms with E-state index < -0.39 is 20.8 Å². The van der Waals surface area contributed by atoms with Crippen LogP contribution in [0.15, 0.2) is 30.7 Å². The number of aromatic nitrogens is 4. The minimum atomic E-state index is -4.58. The van der Waals surface area contributed by atoms with Gasteiger partial charge in [-0.3, -0.25) is 0 Å². The molecule has 3 heterocycles. The Balaban J connectivity index is 1.98. The van der Waals surface area contributed by atoms with Crippen molar-refractivity contribution in [2.75, 3.05) is 6.61 Å². The molecule has 3 aromatic rings. The van der Waals surface area contributed by atoms with Crippen LogP contribution in [0.1, 0.15) is 5.82 Å². The van der Waals surface area contributed by atoms with Gasteiger partial charge in [-0.1, -0.05) is 24.7 Å². The molecule has 0 spiro atoms. The van der Waals surface area contributed by atoms with Crippen LogP contribution in [0.4, 0.5) is 13.2 Å². The first-order valence-electron chi connectivity index (χ1n) is 8.38. The number of pyridine rings is 1. The fraction of sp³-hybridized carbons (Fsp3) is 0.353. The van der Waals surface area contributed by atoms with Crippen LogP contribution in [-0.4, -0.2) is 34.9 Å². The predicted octanol–water partition coefficient (Wildman–Crippen LogP) is 4.63. The van der Waals surface area contributed by atoms with Crippen molar-refractivity contribution in [1.29, 1.82) is 0 Å². The lowest BCUT2D eigenvalue weighted by Gasteiger charge is -2.12. The molecule has 5 nitrogen and oxygen atoms in total. The zero-order valence-electron chi connectivity index (χ0n) is 14.8. The molecule has 27 heavy (non-hydrogen) atoms. The number of rotatable bonds is 6. The smallest absolute Gasteiger partial charge is 0.361 e. The van der Waals surface area contributed by atoms with Gasteiger partial charge in [0.1, 0.15) is 12.4 Å². The molecule has 0 N–H and O–H groups in total. The van der Waals surface area contributed by atoms with E-state index in [1.807, 2.05) is 0 Å². The maximum Gasteiger partial charge on any atom is 0.451 e. The van der Waals surface area contributed by atoms with Crippen LogP contribution in [0.5, 0.6) is 0 Å². The van der Waals surface area contributed by atoms with Crippen LogP contribution in [0.2, 0.25) is 24.2 Å². The van der Waals surface area contributed by atoms with Crippen LogP contribution in [0, 0.1) is 0 Å². The average molecular weight is 415 g/mol. The lowest BCUT2D eigenvalue weighted by atomic mass is 10.2. The molecule has 0 unspecified atom stereocenters. The van der Waals surface area contributed by atoms with Crippen LogP contribution >= 0.6 is 11.6 Å². The van der Waals surface area contributed by atoms with Gasteiger partial charge in [0.05, 0.1) is 10.7 Å². The van der Waals surface area contributed by atoms with Gasteiger partial charge in [-0.25, -0.2) is 15.0 Å². The van der Waals surface area contributed by atoms with Crippen LogP contribution < -0.4 is 0 Å². The monoisotopic (exact) mass is 414 g/mol. The van der Waals surface area contributed by atoms with Crippen molar-refractivity contribution >= 4 is 31.4 Å². The molecule has 0 aromatic carbocycles. The van der Waals surface area contributed by atoms with Crippen LogP contribution in [0.3, 0.4) is 0 Å². The molecular weight excluding hydrogens is 397 g/mol. The summed E-state index contributed by atoms with van der Waals surface area (Å²) >= 11 is 6.25. The largest absolute Gasteiger partial charge is 0.451 e. The van der Waals surface area contributed by atoms with Gasteiger partial charge in [-0.2, -0.15) is 13.2 Å². The molecular formula is C17H18ClF3N4OSi. The molecule has 0 radical (unpaired) electrons. The van der Waals surface area contributed by atoms with E-state index in [4.69, 9.17) is 16.3 Å². The summed E-state index contributed by atoms with van der Waals surface area (Å²) in [6, 6.07) is 4.45. The second-order valence-electron chi connectivity index (χ2n) is 6.50. The molecule has 0 aliphatic carbocycles. The Morgan fingerprint density at radius 2 is 1.89 bits per heavy atom. The van der Waals surface area contributed by atoms with Gasteiger partial charge in [-0.05, 0) is 18.2 Å². The molecule has 0 saturated carbocycles. The Hall–Kier alpha value is -1.97. The lowest BCUT2D eigenvalue weighted by molar-refractivity contribution is -0.144. The zero-order chi connectivity index (χ0) is 19.6. The molecule has 0 bridgehead atoms. The molecule has 0 atom stereocenters. The van der Waals surface area contributed by atoms with Crippen LogP contribution in [0.25, 0.3) is 22.3 Å². The van der Waals surface area contributed by atoms with Crippen molar-refractivity contribution in [3.63, 3.8) is 0 Å². The van der Waals surface area contributed by atoms with Gasteiger partial charge in [0.25, 0.3) is 0 Å². The van der Waals surface area contributed by atoms with E-state index in [2.05, 4.69) is 28.0 Å². The fourth-order valence-corrected chi connectivity index (χ4v) is 3.40. The SMILES string of the molecule is C[SiH](C)CCOCn1c(-c2cnc(C(F)(F)F)nc2)cc2c(Cl)ccnc21. The Labute approximate surface area is 160 Å². The molecule has 0 aliphatic rings. The minimum absolute atomic E-state index is 0.217. The van der Waals surface area contributed by atoms with E-state index in [1.54, 1.807) is 22.9 Å². The van der Waals surface area contributed by atoms with Gasteiger partial charge in [0.2, 0.25) is 5.82 Å². The molecule has 0 saturated heterocycles. The van der Waals surface area contributed by atoms with Gasteiger partial charge >= 0.3 is 6.18 Å². The maximum absolute atomic E-state index is 12.7. The highest BCUT2D eigenvalue weighted by Gasteiger charge is 2.34. The molecule has 10 heteroatoms. The first-order chi connectivity index (χ1) is 12.8. The van der Waals surface area contributed by atoms with Crippen molar-refractivity contribution in [3.8, 4) is 11.3 Å². The number of nitrogens with zero attached hydrogens (tertiary/aromatic N) is 4. The summed E-state index contributed by atoms with van der Waals surface area (Å²) in [5.41, 5.74) is 1.62. The van der Waals surface area contributed by atoms with E-state index in [-0.39, 0.29) is 6.73 Å². The van der Waals surface area contributed by atoms with E-state index in [1.165, 1.54) is 0 Å². The summed E-state index contributed by atoms with van der Waals surface area (Å²) in [6.45, 7) is 5.31. The first-order valence-corrected chi connectivity index (χ1v) is 11.9. The second-order valence-corrected chi connectivity index (χ2v) is 10.3. The third-order valence-corrected chi connectivity index (χ3v) is 5.72. The third-order valence-electron chi connectivity index (χ3n) is 4.00. The van der Waals surface area contributed by atoms with Crippen molar-refractivity contribution in [1.82, 2.24) is 19.5 Å². The van der Waals surface area contributed by atoms with Gasteiger partial charge in [0.15, 0.2) is 0 Å². The van der Waals surface area contributed by atoms with Crippen molar-refractivity contribution in [2.45, 2.75) is 32.0 Å².